The number of aryl methyl sites for hydroxylation is 1. The molecule has 30 heavy (non-hydrogen) atoms. The van der Waals surface area contributed by atoms with Gasteiger partial charge in [-0.3, -0.25) is 0 Å². The summed E-state index contributed by atoms with van der Waals surface area (Å²) in [6, 6.07) is 12.6. The van der Waals surface area contributed by atoms with E-state index in [0.29, 0.717) is 24.7 Å². The molecule has 0 aliphatic rings. The first kappa shape index (κ1) is 23.4. The van der Waals surface area contributed by atoms with Gasteiger partial charge in [-0.05, 0) is 32.4 Å². The monoisotopic (exact) mass is 421 g/mol. The van der Waals surface area contributed by atoms with Gasteiger partial charge in [0.2, 0.25) is 0 Å². The van der Waals surface area contributed by atoms with E-state index in [2.05, 4.69) is 20.4 Å². The standard InChI is InChI=1S/C22H29F2N3O3/c1-4-25-22(27-14-18(28)16-9-6-8-15(3)12-16)26-13-17-10-7-11-19(29-5-2)20(17)30-21(23)24/h6-12,18,21,28H,4-5,13-14H2,1-3H3,(H2,25,26,27). The third-order valence-corrected chi connectivity index (χ3v) is 4.21. The van der Waals surface area contributed by atoms with E-state index in [-0.39, 0.29) is 24.6 Å². The molecule has 1 unspecified atom stereocenters. The second kappa shape index (κ2) is 12.0. The van der Waals surface area contributed by atoms with Crippen LogP contribution in [0.5, 0.6) is 11.5 Å². The number of aliphatic hydroxyl groups is 1. The number of ether oxygens (including phenoxy) is 2. The Kier molecular flexibility index (Phi) is 9.34. The van der Waals surface area contributed by atoms with Crippen molar-refractivity contribution in [3.05, 3.63) is 59.2 Å². The highest BCUT2D eigenvalue weighted by molar-refractivity contribution is 5.79. The van der Waals surface area contributed by atoms with E-state index < -0.39 is 12.7 Å². The quantitative estimate of drug-likeness (QED) is 0.402. The molecular weight excluding hydrogens is 392 g/mol. The number of hydrogen-bond acceptors (Lipinski definition) is 4. The lowest BCUT2D eigenvalue weighted by atomic mass is 10.1. The Labute approximate surface area is 175 Å². The van der Waals surface area contributed by atoms with Crippen LogP contribution in [0.25, 0.3) is 0 Å². The molecular formula is C22H29F2N3O3. The summed E-state index contributed by atoms with van der Waals surface area (Å²) in [6.07, 6.45) is -0.715. The van der Waals surface area contributed by atoms with Crippen molar-refractivity contribution in [3.8, 4) is 11.5 Å². The molecule has 2 aromatic rings. The van der Waals surface area contributed by atoms with Gasteiger partial charge in [-0.2, -0.15) is 8.78 Å². The Hall–Kier alpha value is -2.87. The number of halogens is 2. The molecule has 6 nitrogen and oxygen atoms in total. The van der Waals surface area contributed by atoms with Gasteiger partial charge >= 0.3 is 6.61 Å². The molecule has 0 aliphatic carbocycles. The number of nitrogens with zero attached hydrogens (tertiary/aromatic N) is 1. The largest absolute Gasteiger partial charge is 0.490 e. The van der Waals surface area contributed by atoms with Gasteiger partial charge in [0.05, 0.1) is 19.3 Å². The Bertz CT molecular complexity index is 831. The van der Waals surface area contributed by atoms with Crippen LogP contribution in [0.1, 0.15) is 36.6 Å². The van der Waals surface area contributed by atoms with E-state index >= 15 is 0 Å². The second-order valence-corrected chi connectivity index (χ2v) is 6.56. The lowest BCUT2D eigenvalue weighted by molar-refractivity contribution is -0.0520. The first-order valence-electron chi connectivity index (χ1n) is 9.90. The number of hydrogen-bond donors (Lipinski definition) is 3. The van der Waals surface area contributed by atoms with E-state index in [1.807, 2.05) is 38.1 Å². The summed E-state index contributed by atoms with van der Waals surface area (Å²) in [5.41, 5.74) is 2.33. The molecule has 2 aromatic carbocycles. The maximum atomic E-state index is 12.9. The Morgan fingerprint density at radius 2 is 1.90 bits per heavy atom. The summed E-state index contributed by atoms with van der Waals surface area (Å²) in [5.74, 6) is 0.682. The number of aliphatic hydroxyl groups excluding tert-OH is 1. The van der Waals surface area contributed by atoms with E-state index in [4.69, 9.17) is 4.74 Å². The van der Waals surface area contributed by atoms with E-state index in [0.717, 1.165) is 11.1 Å². The number of benzene rings is 2. The van der Waals surface area contributed by atoms with Gasteiger partial charge in [-0.1, -0.05) is 42.0 Å². The zero-order valence-electron chi connectivity index (χ0n) is 17.5. The number of nitrogens with one attached hydrogen (secondary N) is 2. The summed E-state index contributed by atoms with van der Waals surface area (Å²) < 4.78 is 35.8. The van der Waals surface area contributed by atoms with Crippen LogP contribution in [0.15, 0.2) is 47.5 Å². The maximum absolute atomic E-state index is 12.9. The normalized spacial score (nSPS) is 12.6. The van der Waals surface area contributed by atoms with Gasteiger partial charge in [0, 0.05) is 18.7 Å². The van der Waals surface area contributed by atoms with Crippen molar-refractivity contribution < 1.29 is 23.4 Å². The first-order valence-corrected chi connectivity index (χ1v) is 9.90. The summed E-state index contributed by atoms with van der Waals surface area (Å²) in [5, 5.41) is 16.6. The molecule has 0 amide bonds. The van der Waals surface area contributed by atoms with Crippen LogP contribution < -0.4 is 20.1 Å². The second-order valence-electron chi connectivity index (χ2n) is 6.56. The average molecular weight is 421 g/mol. The van der Waals surface area contributed by atoms with Crippen LogP contribution in [0.2, 0.25) is 0 Å². The van der Waals surface area contributed by atoms with Gasteiger partial charge < -0.3 is 25.2 Å². The van der Waals surface area contributed by atoms with Gasteiger partial charge in [-0.15, -0.1) is 0 Å². The van der Waals surface area contributed by atoms with Crippen LogP contribution in [-0.4, -0.2) is 37.4 Å². The average Bonchev–Trinajstić information content (AvgIpc) is 2.71. The molecule has 8 heteroatoms. The predicted molar refractivity (Wildman–Crippen MR) is 113 cm³/mol. The highest BCUT2D eigenvalue weighted by atomic mass is 19.3. The van der Waals surface area contributed by atoms with Crippen LogP contribution in [0, 0.1) is 6.92 Å². The summed E-state index contributed by atoms with van der Waals surface area (Å²) in [7, 11) is 0. The number of alkyl halides is 2. The first-order chi connectivity index (χ1) is 14.4. The maximum Gasteiger partial charge on any atom is 0.387 e. The SMILES string of the molecule is CCNC(=NCc1cccc(OCC)c1OC(F)F)NCC(O)c1cccc(C)c1. The molecule has 2 rings (SSSR count). The van der Waals surface area contributed by atoms with E-state index in [1.54, 1.807) is 25.1 Å². The van der Waals surface area contributed by atoms with Crippen LogP contribution in [0.4, 0.5) is 8.78 Å². The number of aliphatic imine (C=N–C) groups is 1. The molecule has 0 aromatic heterocycles. The molecule has 0 radical (unpaired) electrons. The van der Waals surface area contributed by atoms with Crippen molar-refractivity contribution >= 4 is 5.96 Å². The smallest absolute Gasteiger partial charge is 0.387 e. The lowest BCUT2D eigenvalue weighted by Crippen LogP contribution is -2.39. The fourth-order valence-corrected chi connectivity index (χ4v) is 2.87. The Morgan fingerprint density at radius 3 is 2.57 bits per heavy atom. The number of rotatable bonds is 10. The minimum Gasteiger partial charge on any atom is -0.490 e. The molecule has 164 valence electrons. The minimum atomic E-state index is -2.97. The summed E-state index contributed by atoms with van der Waals surface area (Å²) >= 11 is 0. The van der Waals surface area contributed by atoms with Crippen molar-refractivity contribution in [3.63, 3.8) is 0 Å². The number of guanidine groups is 1. The van der Waals surface area contributed by atoms with Crippen molar-refractivity contribution in [2.45, 2.75) is 40.0 Å². The van der Waals surface area contributed by atoms with Gasteiger partial charge in [0.1, 0.15) is 0 Å². The zero-order valence-corrected chi connectivity index (χ0v) is 17.5. The Morgan fingerprint density at radius 1 is 1.13 bits per heavy atom. The molecule has 0 fully saturated rings. The number of para-hydroxylation sites is 1. The van der Waals surface area contributed by atoms with E-state index in [9.17, 15) is 13.9 Å². The zero-order chi connectivity index (χ0) is 21.9. The molecule has 1 atom stereocenters. The summed E-state index contributed by atoms with van der Waals surface area (Å²) in [4.78, 5) is 4.44. The third kappa shape index (κ3) is 7.18. The minimum absolute atomic E-state index is 0.0197. The molecule has 3 N–H and O–H groups in total. The van der Waals surface area contributed by atoms with Crippen molar-refractivity contribution in [2.24, 2.45) is 4.99 Å². The fraction of sp³-hybridized carbons (Fsp3) is 0.409. The molecule has 0 saturated carbocycles. The van der Waals surface area contributed by atoms with Gasteiger partial charge in [0.15, 0.2) is 17.5 Å². The molecule has 0 bridgehead atoms. The van der Waals surface area contributed by atoms with Crippen LogP contribution in [0.3, 0.4) is 0 Å². The van der Waals surface area contributed by atoms with Crippen LogP contribution >= 0.6 is 0 Å². The molecule has 0 heterocycles. The van der Waals surface area contributed by atoms with Gasteiger partial charge in [0.25, 0.3) is 0 Å². The van der Waals surface area contributed by atoms with E-state index in [1.165, 1.54) is 0 Å². The molecule has 0 aliphatic heterocycles. The van der Waals surface area contributed by atoms with Gasteiger partial charge in [-0.25, -0.2) is 4.99 Å². The molecule has 0 spiro atoms. The fourth-order valence-electron chi connectivity index (χ4n) is 2.87. The molecule has 0 saturated heterocycles. The Balaban J connectivity index is 2.12. The predicted octanol–water partition coefficient (Wildman–Crippen LogP) is 3.78. The van der Waals surface area contributed by atoms with Crippen molar-refractivity contribution in [2.75, 3.05) is 19.7 Å². The third-order valence-electron chi connectivity index (χ3n) is 4.21. The van der Waals surface area contributed by atoms with Crippen molar-refractivity contribution in [1.29, 1.82) is 0 Å². The highest BCUT2D eigenvalue weighted by Gasteiger charge is 2.16. The van der Waals surface area contributed by atoms with Crippen LogP contribution in [-0.2, 0) is 6.54 Å². The highest BCUT2D eigenvalue weighted by Crippen LogP contribution is 2.33. The van der Waals surface area contributed by atoms with Crippen molar-refractivity contribution in [1.82, 2.24) is 10.6 Å². The lowest BCUT2D eigenvalue weighted by Gasteiger charge is -2.17. The topological polar surface area (TPSA) is 75.1 Å². The summed E-state index contributed by atoms with van der Waals surface area (Å²) in [6.45, 7) is 3.95.